The summed E-state index contributed by atoms with van der Waals surface area (Å²) in [6.45, 7) is 0. The molecule has 0 saturated heterocycles. The van der Waals surface area contributed by atoms with Crippen molar-refractivity contribution in [2.75, 3.05) is 0 Å². The number of nitrogens with one attached hydrogen (secondary N) is 3. The second-order valence-electron chi connectivity index (χ2n) is 6.93. The van der Waals surface area contributed by atoms with Crippen molar-refractivity contribution in [1.82, 2.24) is 16.0 Å². The number of nitrogens with two attached hydrogens (primary N) is 2. The van der Waals surface area contributed by atoms with Crippen LogP contribution in [0.5, 0.6) is 0 Å². The minimum atomic E-state index is -1.86. The lowest BCUT2D eigenvalue weighted by Gasteiger charge is -2.24. The number of rotatable bonds is 16. The Morgan fingerprint density at radius 3 is 1.53 bits per heavy atom. The van der Waals surface area contributed by atoms with Gasteiger partial charge in [-0.3, -0.25) is 33.6 Å². The number of primary amides is 1. The summed E-state index contributed by atoms with van der Waals surface area (Å²) >= 11 is 0. The molecular weight excluding hydrogens is 466 g/mol. The number of aliphatic carboxylic acids is 4. The number of hydrogen-bond acceptors (Lipinski definition) is 9. The fourth-order valence-electron chi connectivity index (χ4n) is 2.43. The van der Waals surface area contributed by atoms with E-state index in [1.54, 1.807) is 0 Å². The molecule has 0 spiro atoms. The van der Waals surface area contributed by atoms with Gasteiger partial charge < -0.3 is 47.8 Å². The van der Waals surface area contributed by atoms with Gasteiger partial charge in [0.2, 0.25) is 23.6 Å². The van der Waals surface area contributed by atoms with E-state index < -0.39 is 104 Å². The smallest absolute Gasteiger partial charge is 0.326 e. The molecular formula is C17H25N5O12. The van der Waals surface area contributed by atoms with Crippen LogP contribution in [-0.4, -0.2) is 92.1 Å². The average molecular weight is 491 g/mol. The lowest BCUT2D eigenvalue weighted by atomic mass is 10.1. The molecule has 0 saturated carbocycles. The molecule has 0 fully saturated rings. The minimum absolute atomic E-state index is 0.581. The van der Waals surface area contributed by atoms with Gasteiger partial charge in [-0.05, 0) is 6.42 Å². The van der Waals surface area contributed by atoms with Crippen molar-refractivity contribution in [3.05, 3.63) is 0 Å². The van der Waals surface area contributed by atoms with Gasteiger partial charge in [0, 0.05) is 6.42 Å². The fourth-order valence-corrected chi connectivity index (χ4v) is 2.43. The monoisotopic (exact) mass is 491 g/mol. The highest BCUT2D eigenvalue weighted by Crippen LogP contribution is 2.04. The number of carboxylic acids is 4. The van der Waals surface area contributed by atoms with Gasteiger partial charge in [-0.2, -0.15) is 0 Å². The summed E-state index contributed by atoms with van der Waals surface area (Å²) in [4.78, 5) is 91.8. The molecule has 0 heterocycles. The molecule has 0 aliphatic heterocycles. The molecule has 17 nitrogen and oxygen atoms in total. The summed E-state index contributed by atoms with van der Waals surface area (Å²) in [7, 11) is 0. The third-order valence-corrected chi connectivity index (χ3v) is 4.04. The first-order valence-corrected chi connectivity index (χ1v) is 9.47. The third-order valence-electron chi connectivity index (χ3n) is 4.04. The van der Waals surface area contributed by atoms with Crippen LogP contribution in [-0.2, 0) is 38.4 Å². The van der Waals surface area contributed by atoms with Crippen molar-refractivity contribution in [2.24, 2.45) is 11.5 Å². The second-order valence-corrected chi connectivity index (χ2v) is 6.93. The van der Waals surface area contributed by atoms with Gasteiger partial charge in [0.15, 0.2) is 0 Å². The van der Waals surface area contributed by atoms with E-state index in [-0.39, 0.29) is 0 Å². The average Bonchev–Trinajstić information content (AvgIpc) is 2.68. The Bertz CT molecular complexity index is 845. The van der Waals surface area contributed by atoms with Crippen LogP contribution >= 0.6 is 0 Å². The van der Waals surface area contributed by atoms with Crippen LogP contribution < -0.4 is 27.4 Å². The molecule has 0 aromatic carbocycles. The first-order valence-electron chi connectivity index (χ1n) is 9.47. The van der Waals surface area contributed by atoms with E-state index in [9.17, 15) is 38.4 Å². The van der Waals surface area contributed by atoms with Crippen molar-refractivity contribution < 1.29 is 58.8 Å². The Morgan fingerprint density at radius 2 is 1.09 bits per heavy atom. The number of carbonyl (C=O) groups excluding carboxylic acids is 4. The van der Waals surface area contributed by atoms with Crippen molar-refractivity contribution in [3.8, 4) is 0 Å². The molecule has 0 aromatic rings. The van der Waals surface area contributed by atoms with Crippen LogP contribution in [0.15, 0.2) is 0 Å². The maximum absolute atomic E-state index is 12.6. The minimum Gasteiger partial charge on any atom is -0.481 e. The standard InChI is InChI=1S/C17H25N5O12/c18-6(3-12(26)27)14(30)21-8(5-13(28)29)16(32)20-7(1-2-11(24)25)15(31)22-9(17(33)34)4-10(19)23/h6-9H,1-5,18H2,(H2,19,23)(H,20,32)(H,21,30)(H,22,31)(H,24,25)(H,26,27)(H,28,29)(H,33,34). The summed E-state index contributed by atoms with van der Waals surface area (Å²) in [5.41, 5.74) is 10.3. The zero-order valence-corrected chi connectivity index (χ0v) is 17.6. The number of carboxylic acid groups (broad SMARTS) is 4. The molecule has 190 valence electrons. The first kappa shape index (κ1) is 29.7. The van der Waals surface area contributed by atoms with Crippen LogP contribution in [0.1, 0.15) is 32.1 Å². The van der Waals surface area contributed by atoms with Gasteiger partial charge in [0.05, 0.1) is 25.3 Å². The highest BCUT2D eigenvalue weighted by Gasteiger charge is 2.32. The molecule has 0 bridgehead atoms. The molecule has 4 unspecified atom stereocenters. The molecule has 34 heavy (non-hydrogen) atoms. The molecule has 11 N–H and O–H groups in total. The van der Waals surface area contributed by atoms with E-state index in [4.69, 9.17) is 31.9 Å². The normalized spacial score (nSPS) is 13.9. The molecule has 4 amide bonds. The topological polar surface area (TPSA) is 306 Å². The summed E-state index contributed by atoms with van der Waals surface area (Å²) in [5.74, 6) is -10.9. The molecule has 0 radical (unpaired) electrons. The largest absolute Gasteiger partial charge is 0.481 e. The molecule has 0 aliphatic carbocycles. The van der Waals surface area contributed by atoms with Crippen LogP contribution in [0, 0.1) is 0 Å². The van der Waals surface area contributed by atoms with Gasteiger partial charge in [-0.1, -0.05) is 0 Å². The molecule has 4 atom stereocenters. The molecule has 0 aliphatic rings. The predicted octanol–water partition coefficient (Wildman–Crippen LogP) is -4.46. The zero-order valence-electron chi connectivity index (χ0n) is 17.6. The van der Waals surface area contributed by atoms with Crippen molar-refractivity contribution in [1.29, 1.82) is 0 Å². The van der Waals surface area contributed by atoms with Crippen molar-refractivity contribution in [3.63, 3.8) is 0 Å². The van der Waals surface area contributed by atoms with E-state index in [1.807, 2.05) is 16.0 Å². The van der Waals surface area contributed by atoms with E-state index >= 15 is 0 Å². The fraction of sp³-hybridized carbons (Fsp3) is 0.529. The highest BCUT2D eigenvalue weighted by molar-refractivity contribution is 5.96. The van der Waals surface area contributed by atoms with Gasteiger partial charge in [0.25, 0.3) is 0 Å². The second kappa shape index (κ2) is 14.0. The van der Waals surface area contributed by atoms with E-state index in [2.05, 4.69) is 0 Å². The van der Waals surface area contributed by atoms with Gasteiger partial charge in [0.1, 0.15) is 18.1 Å². The summed E-state index contributed by atoms with van der Waals surface area (Å²) < 4.78 is 0. The molecule has 17 heteroatoms. The predicted molar refractivity (Wildman–Crippen MR) is 107 cm³/mol. The van der Waals surface area contributed by atoms with Crippen LogP contribution in [0.4, 0.5) is 0 Å². The third kappa shape index (κ3) is 11.9. The lowest BCUT2D eigenvalue weighted by Crippen LogP contribution is -2.57. The van der Waals surface area contributed by atoms with Gasteiger partial charge in [-0.15, -0.1) is 0 Å². The van der Waals surface area contributed by atoms with E-state index in [0.717, 1.165) is 0 Å². The maximum Gasteiger partial charge on any atom is 0.326 e. The Balaban J connectivity index is 5.63. The lowest BCUT2D eigenvalue weighted by molar-refractivity contribution is -0.144. The Kier molecular flexibility index (Phi) is 12.2. The SMILES string of the molecule is NC(=O)CC(NC(=O)C(CCC(=O)O)NC(=O)C(CC(=O)O)NC(=O)C(N)CC(=O)O)C(=O)O. The van der Waals surface area contributed by atoms with Crippen LogP contribution in [0.3, 0.4) is 0 Å². The Morgan fingerprint density at radius 1 is 0.618 bits per heavy atom. The van der Waals surface area contributed by atoms with Crippen molar-refractivity contribution in [2.45, 2.75) is 56.3 Å². The summed E-state index contributed by atoms with van der Waals surface area (Å²) in [6, 6.07) is -7.03. The quantitative estimate of drug-likeness (QED) is 0.0984. The van der Waals surface area contributed by atoms with E-state index in [1.165, 1.54) is 0 Å². The van der Waals surface area contributed by atoms with Gasteiger partial charge >= 0.3 is 23.9 Å². The Labute approximate surface area is 190 Å². The zero-order chi connectivity index (χ0) is 26.6. The summed E-state index contributed by atoms with van der Waals surface area (Å²) in [6.07, 6.45) is -3.95. The number of amides is 4. The summed E-state index contributed by atoms with van der Waals surface area (Å²) in [5, 5.41) is 41.4. The van der Waals surface area contributed by atoms with Crippen LogP contribution in [0.2, 0.25) is 0 Å². The maximum atomic E-state index is 12.6. The van der Waals surface area contributed by atoms with Gasteiger partial charge in [-0.25, -0.2) is 4.79 Å². The number of carbonyl (C=O) groups is 8. The molecule has 0 aromatic heterocycles. The van der Waals surface area contributed by atoms with E-state index in [0.29, 0.717) is 0 Å². The highest BCUT2D eigenvalue weighted by atomic mass is 16.4. The number of hydrogen-bond donors (Lipinski definition) is 9. The Hall–Kier alpha value is -4.28. The first-order chi connectivity index (χ1) is 15.6. The van der Waals surface area contributed by atoms with Crippen molar-refractivity contribution >= 4 is 47.5 Å². The van der Waals surface area contributed by atoms with Crippen LogP contribution in [0.25, 0.3) is 0 Å². The molecule has 0 rings (SSSR count).